The number of ether oxygens (including phenoxy) is 3. The number of aromatic amines is 1. The molecule has 2 atom stereocenters. The van der Waals surface area contributed by atoms with Crippen LogP contribution in [0.25, 0.3) is 0 Å². The van der Waals surface area contributed by atoms with Gasteiger partial charge in [-0.1, -0.05) is 6.92 Å². The van der Waals surface area contributed by atoms with Crippen LogP contribution in [0.4, 0.5) is 0 Å². The molecule has 31 heavy (non-hydrogen) atoms. The smallest absolute Gasteiger partial charge is 0.355 e. The first-order valence-corrected chi connectivity index (χ1v) is 10.3. The van der Waals surface area contributed by atoms with Crippen LogP contribution >= 0.6 is 0 Å². The number of amides is 1. The molecule has 0 bridgehead atoms. The number of hydrogen-bond acceptors (Lipinski definition) is 7. The van der Waals surface area contributed by atoms with Crippen molar-refractivity contribution >= 4 is 23.8 Å². The molecule has 0 unspecified atom stereocenters. The number of esters is 3. The molecule has 2 aliphatic rings. The summed E-state index contributed by atoms with van der Waals surface area (Å²) in [5.74, 6) is -1.49. The van der Waals surface area contributed by atoms with Crippen LogP contribution in [0.15, 0.2) is 0 Å². The fraction of sp³-hybridized carbons (Fsp3) is 0.636. The summed E-state index contributed by atoms with van der Waals surface area (Å²) in [6.45, 7) is 8.99. The van der Waals surface area contributed by atoms with Gasteiger partial charge in [0.05, 0.1) is 13.5 Å². The summed E-state index contributed by atoms with van der Waals surface area (Å²) >= 11 is 0. The molecule has 170 valence electrons. The summed E-state index contributed by atoms with van der Waals surface area (Å²) in [6, 6.07) is 0. The third-order valence-electron chi connectivity index (χ3n) is 6.01. The van der Waals surface area contributed by atoms with Crippen molar-refractivity contribution in [2.75, 3.05) is 7.11 Å². The van der Waals surface area contributed by atoms with E-state index in [4.69, 9.17) is 14.2 Å². The van der Waals surface area contributed by atoms with Crippen LogP contribution in [0.2, 0.25) is 0 Å². The maximum atomic E-state index is 12.9. The number of hydrogen-bond donors (Lipinski definition) is 2. The molecule has 0 radical (unpaired) electrons. The van der Waals surface area contributed by atoms with Crippen molar-refractivity contribution < 1.29 is 33.4 Å². The van der Waals surface area contributed by atoms with Crippen LogP contribution < -0.4 is 5.32 Å². The first-order chi connectivity index (χ1) is 14.3. The Bertz CT molecular complexity index is 918. The quantitative estimate of drug-likeness (QED) is 0.519. The van der Waals surface area contributed by atoms with Crippen molar-refractivity contribution in [3.63, 3.8) is 0 Å². The SMILES string of the molecule is COC(=O)CCc1c(C(=O)OC(C)(C)C)[nH]c(C[C@@]23NC(=O)C[C@]2(C)CC(=O)O3)c1C. The third-order valence-corrected chi connectivity index (χ3v) is 6.01. The summed E-state index contributed by atoms with van der Waals surface area (Å²) < 4.78 is 15.9. The second-order valence-corrected chi connectivity index (χ2v) is 9.60. The van der Waals surface area contributed by atoms with E-state index in [2.05, 4.69) is 10.3 Å². The summed E-state index contributed by atoms with van der Waals surface area (Å²) in [5.41, 5.74) is -0.277. The Kier molecular flexibility index (Phi) is 5.67. The number of nitrogens with one attached hydrogen (secondary N) is 2. The molecule has 3 rings (SSSR count). The Hall–Kier alpha value is -2.84. The number of fused-ring (bicyclic) bond motifs is 1. The van der Waals surface area contributed by atoms with Gasteiger partial charge in [-0.2, -0.15) is 0 Å². The predicted octanol–water partition coefficient (Wildman–Crippen LogP) is 2.10. The lowest BCUT2D eigenvalue weighted by Crippen LogP contribution is -2.51. The fourth-order valence-corrected chi connectivity index (χ4v) is 4.37. The molecule has 0 spiro atoms. The normalized spacial score (nSPS) is 25.1. The van der Waals surface area contributed by atoms with Gasteiger partial charge in [-0.05, 0) is 45.2 Å². The molecule has 3 heterocycles. The monoisotopic (exact) mass is 434 g/mol. The largest absolute Gasteiger partial charge is 0.469 e. The molecule has 0 saturated carbocycles. The summed E-state index contributed by atoms with van der Waals surface area (Å²) in [7, 11) is 1.31. The fourth-order valence-electron chi connectivity index (χ4n) is 4.37. The Morgan fingerprint density at radius 3 is 2.48 bits per heavy atom. The second kappa shape index (κ2) is 7.69. The number of carbonyl (C=O) groups excluding carboxylic acids is 4. The van der Waals surface area contributed by atoms with Crippen molar-refractivity contribution in [2.45, 2.75) is 78.0 Å². The Labute approximate surface area is 181 Å². The lowest BCUT2D eigenvalue weighted by atomic mass is 9.76. The van der Waals surface area contributed by atoms with Gasteiger partial charge in [0.2, 0.25) is 5.91 Å². The minimum atomic E-state index is -1.18. The standard InChI is InChI=1S/C22H30N2O7/c1-12-13(7-8-16(26)29-6)18(19(28)31-20(2,3)4)23-14(12)9-22-21(5,10-15(25)24-22)11-17(27)30-22/h23H,7-11H2,1-6H3,(H,24,25)/t21-,22+/m1/s1. The average molecular weight is 434 g/mol. The number of carbonyl (C=O) groups is 4. The lowest BCUT2D eigenvalue weighted by molar-refractivity contribution is -0.153. The van der Waals surface area contributed by atoms with E-state index < -0.39 is 28.7 Å². The third kappa shape index (κ3) is 4.31. The molecule has 9 nitrogen and oxygen atoms in total. The average Bonchev–Trinajstić information content (AvgIpc) is 3.13. The Morgan fingerprint density at radius 1 is 1.19 bits per heavy atom. The van der Waals surface area contributed by atoms with E-state index in [1.54, 1.807) is 20.8 Å². The molecule has 9 heteroatoms. The van der Waals surface area contributed by atoms with Crippen molar-refractivity contribution in [2.24, 2.45) is 5.41 Å². The van der Waals surface area contributed by atoms with Gasteiger partial charge in [-0.3, -0.25) is 14.4 Å². The molecule has 2 aliphatic heterocycles. The lowest BCUT2D eigenvalue weighted by Gasteiger charge is -2.33. The predicted molar refractivity (Wildman–Crippen MR) is 109 cm³/mol. The first kappa shape index (κ1) is 22.8. The number of H-pyrrole nitrogens is 1. The Morgan fingerprint density at radius 2 is 1.87 bits per heavy atom. The molecular weight excluding hydrogens is 404 g/mol. The molecule has 1 aromatic rings. The molecule has 2 fully saturated rings. The van der Waals surface area contributed by atoms with Crippen LogP contribution in [0, 0.1) is 12.3 Å². The zero-order valence-electron chi connectivity index (χ0n) is 18.9. The highest BCUT2D eigenvalue weighted by Gasteiger charge is 2.64. The summed E-state index contributed by atoms with van der Waals surface area (Å²) in [5, 5.41) is 2.84. The highest BCUT2D eigenvalue weighted by molar-refractivity contribution is 5.90. The van der Waals surface area contributed by atoms with Crippen molar-refractivity contribution in [3.8, 4) is 0 Å². The van der Waals surface area contributed by atoms with E-state index in [0.717, 1.165) is 5.56 Å². The minimum Gasteiger partial charge on any atom is -0.469 e. The van der Waals surface area contributed by atoms with Gasteiger partial charge in [0, 0.05) is 30.4 Å². The second-order valence-electron chi connectivity index (χ2n) is 9.60. The highest BCUT2D eigenvalue weighted by atomic mass is 16.6. The van der Waals surface area contributed by atoms with Crippen molar-refractivity contribution in [3.05, 3.63) is 22.5 Å². The van der Waals surface area contributed by atoms with E-state index in [-0.39, 0.29) is 49.7 Å². The number of aromatic nitrogens is 1. The van der Waals surface area contributed by atoms with E-state index in [9.17, 15) is 19.2 Å². The number of rotatable bonds is 6. The molecule has 1 aromatic heterocycles. The van der Waals surface area contributed by atoms with Gasteiger partial charge in [-0.15, -0.1) is 0 Å². The van der Waals surface area contributed by atoms with Gasteiger partial charge in [0.1, 0.15) is 11.3 Å². The van der Waals surface area contributed by atoms with E-state index in [0.29, 0.717) is 11.3 Å². The molecule has 0 aromatic carbocycles. The van der Waals surface area contributed by atoms with Gasteiger partial charge >= 0.3 is 17.9 Å². The van der Waals surface area contributed by atoms with Crippen LogP contribution in [-0.4, -0.2) is 47.2 Å². The van der Waals surface area contributed by atoms with Gasteiger partial charge < -0.3 is 24.5 Å². The molecule has 0 aliphatic carbocycles. The van der Waals surface area contributed by atoms with Crippen LogP contribution in [0.1, 0.15) is 74.3 Å². The van der Waals surface area contributed by atoms with Crippen molar-refractivity contribution in [1.29, 1.82) is 0 Å². The molecule has 1 amide bonds. The minimum absolute atomic E-state index is 0.0962. The number of methoxy groups -OCH3 is 1. The topological polar surface area (TPSA) is 124 Å². The van der Waals surface area contributed by atoms with Crippen LogP contribution in [-0.2, 0) is 41.4 Å². The van der Waals surface area contributed by atoms with E-state index in [1.165, 1.54) is 7.11 Å². The summed E-state index contributed by atoms with van der Waals surface area (Å²) in [6.07, 6.45) is 0.881. The molecule has 2 saturated heterocycles. The van der Waals surface area contributed by atoms with Gasteiger partial charge in [0.15, 0.2) is 5.72 Å². The van der Waals surface area contributed by atoms with Gasteiger partial charge in [-0.25, -0.2) is 4.79 Å². The van der Waals surface area contributed by atoms with Gasteiger partial charge in [0.25, 0.3) is 0 Å². The zero-order chi connectivity index (χ0) is 23.2. The maximum absolute atomic E-state index is 12.9. The highest BCUT2D eigenvalue weighted by Crippen LogP contribution is 2.50. The van der Waals surface area contributed by atoms with E-state index in [1.807, 2.05) is 13.8 Å². The first-order valence-electron chi connectivity index (χ1n) is 10.3. The maximum Gasteiger partial charge on any atom is 0.355 e. The molecule has 2 N–H and O–H groups in total. The summed E-state index contributed by atoms with van der Waals surface area (Å²) in [4.78, 5) is 51.9. The van der Waals surface area contributed by atoms with Crippen molar-refractivity contribution in [1.82, 2.24) is 10.3 Å². The van der Waals surface area contributed by atoms with Crippen LogP contribution in [0.5, 0.6) is 0 Å². The van der Waals surface area contributed by atoms with Crippen LogP contribution in [0.3, 0.4) is 0 Å². The molecular formula is C22H30N2O7. The van der Waals surface area contributed by atoms with E-state index >= 15 is 0 Å². The zero-order valence-corrected chi connectivity index (χ0v) is 18.9. The Balaban J connectivity index is 1.99.